The van der Waals surface area contributed by atoms with Crippen LogP contribution in [0.3, 0.4) is 0 Å². The number of fused-ring (bicyclic) bond motifs is 1. The van der Waals surface area contributed by atoms with Crippen LogP contribution in [0.2, 0.25) is 0 Å². The lowest BCUT2D eigenvalue weighted by Gasteiger charge is -2.29. The minimum absolute atomic E-state index is 0.670. The van der Waals surface area contributed by atoms with E-state index >= 15 is 0 Å². The number of hydrogen-bond donors (Lipinski definition) is 1. The summed E-state index contributed by atoms with van der Waals surface area (Å²) in [6.45, 7) is 3.95. The van der Waals surface area contributed by atoms with Crippen molar-refractivity contribution in [1.82, 2.24) is 9.97 Å². The minimum atomic E-state index is 0.670. The molecule has 1 fully saturated rings. The monoisotopic (exact) mass is 364 g/mol. The van der Waals surface area contributed by atoms with Gasteiger partial charge in [0.05, 0.1) is 25.8 Å². The van der Waals surface area contributed by atoms with Crippen LogP contribution in [-0.4, -0.2) is 49.9 Å². The summed E-state index contributed by atoms with van der Waals surface area (Å²) in [5.74, 6) is 2.53. The van der Waals surface area contributed by atoms with E-state index in [1.807, 2.05) is 30.3 Å². The standard InChI is InChI=1S/C21H24N4O2/c1-26-17-8-6-16(7-9-17)10-11-22-21-23-19-5-3-2-4-18(19)20(24-21)25-12-14-27-15-13-25/h2-9H,10-15H2,1H3,(H,22,23,24). The van der Waals surface area contributed by atoms with E-state index in [9.17, 15) is 0 Å². The SMILES string of the molecule is COc1ccc(CCNc2nc(N3CCOCC3)c3ccccc3n2)cc1. The molecule has 0 radical (unpaired) electrons. The first kappa shape index (κ1) is 17.5. The quantitative estimate of drug-likeness (QED) is 0.725. The van der Waals surface area contributed by atoms with Crippen LogP contribution in [-0.2, 0) is 11.2 Å². The van der Waals surface area contributed by atoms with Crippen LogP contribution < -0.4 is 15.0 Å². The van der Waals surface area contributed by atoms with Crippen LogP contribution in [0.25, 0.3) is 10.9 Å². The van der Waals surface area contributed by atoms with E-state index < -0.39 is 0 Å². The molecule has 0 spiro atoms. The highest BCUT2D eigenvalue weighted by atomic mass is 16.5. The fourth-order valence-corrected chi connectivity index (χ4v) is 3.27. The Labute approximate surface area is 159 Å². The van der Waals surface area contributed by atoms with Crippen LogP contribution in [0.4, 0.5) is 11.8 Å². The third-order valence-corrected chi connectivity index (χ3v) is 4.75. The summed E-state index contributed by atoms with van der Waals surface area (Å²) in [6, 6.07) is 16.3. The van der Waals surface area contributed by atoms with E-state index in [0.717, 1.165) is 61.7 Å². The zero-order chi connectivity index (χ0) is 18.5. The third kappa shape index (κ3) is 4.11. The lowest BCUT2D eigenvalue weighted by molar-refractivity contribution is 0.122. The molecule has 1 saturated heterocycles. The number of methoxy groups -OCH3 is 1. The average Bonchev–Trinajstić information content (AvgIpc) is 2.74. The van der Waals surface area contributed by atoms with Gasteiger partial charge in [-0.15, -0.1) is 0 Å². The van der Waals surface area contributed by atoms with Gasteiger partial charge in [-0.2, -0.15) is 4.98 Å². The van der Waals surface area contributed by atoms with Crippen molar-refractivity contribution in [2.45, 2.75) is 6.42 Å². The molecule has 0 unspecified atom stereocenters. The minimum Gasteiger partial charge on any atom is -0.497 e. The first-order valence-corrected chi connectivity index (χ1v) is 9.30. The summed E-state index contributed by atoms with van der Waals surface area (Å²) in [4.78, 5) is 11.8. The van der Waals surface area contributed by atoms with Crippen molar-refractivity contribution in [2.75, 3.05) is 50.2 Å². The Morgan fingerprint density at radius 3 is 2.59 bits per heavy atom. The first-order chi connectivity index (χ1) is 13.3. The molecular formula is C21H24N4O2. The number of rotatable bonds is 6. The molecule has 27 heavy (non-hydrogen) atoms. The number of morpholine rings is 1. The average molecular weight is 364 g/mol. The van der Waals surface area contributed by atoms with Crippen LogP contribution in [0, 0.1) is 0 Å². The van der Waals surface area contributed by atoms with E-state index in [0.29, 0.717) is 5.95 Å². The van der Waals surface area contributed by atoms with Crippen LogP contribution in [0.5, 0.6) is 5.75 Å². The second-order valence-corrected chi connectivity index (χ2v) is 6.51. The summed E-state index contributed by atoms with van der Waals surface area (Å²) >= 11 is 0. The van der Waals surface area contributed by atoms with Crippen molar-refractivity contribution in [1.29, 1.82) is 0 Å². The van der Waals surface area contributed by atoms with Gasteiger partial charge >= 0.3 is 0 Å². The van der Waals surface area contributed by atoms with Gasteiger partial charge in [0.15, 0.2) is 0 Å². The fourth-order valence-electron chi connectivity index (χ4n) is 3.27. The molecule has 0 aliphatic carbocycles. The molecule has 3 aromatic rings. The maximum Gasteiger partial charge on any atom is 0.225 e. The Morgan fingerprint density at radius 1 is 1.04 bits per heavy atom. The van der Waals surface area contributed by atoms with Crippen molar-refractivity contribution in [3.63, 3.8) is 0 Å². The Morgan fingerprint density at radius 2 is 1.81 bits per heavy atom. The molecule has 6 nitrogen and oxygen atoms in total. The van der Waals surface area contributed by atoms with Crippen molar-refractivity contribution in [3.05, 3.63) is 54.1 Å². The molecule has 0 saturated carbocycles. The smallest absolute Gasteiger partial charge is 0.225 e. The Bertz CT molecular complexity index is 892. The highest BCUT2D eigenvalue weighted by molar-refractivity contribution is 5.90. The maximum atomic E-state index is 5.48. The van der Waals surface area contributed by atoms with Gasteiger partial charge in [-0.25, -0.2) is 4.98 Å². The van der Waals surface area contributed by atoms with Crippen molar-refractivity contribution in [3.8, 4) is 5.75 Å². The second kappa shape index (κ2) is 8.22. The van der Waals surface area contributed by atoms with Crippen molar-refractivity contribution < 1.29 is 9.47 Å². The Kier molecular flexibility index (Phi) is 5.34. The summed E-state index contributed by atoms with van der Waals surface area (Å²) in [6.07, 6.45) is 0.896. The number of hydrogen-bond acceptors (Lipinski definition) is 6. The van der Waals surface area contributed by atoms with E-state index in [4.69, 9.17) is 14.5 Å². The van der Waals surface area contributed by atoms with Gasteiger partial charge in [0.25, 0.3) is 0 Å². The summed E-state index contributed by atoms with van der Waals surface area (Å²) < 4.78 is 10.7. The third-order valence-electron chi connectivity index (χ3n) is 4.75. The molecule has 6 heteroatoms. The van der Waals surface area contributed by atoms with Gasteiger partial charge in [-0.1, -0.05) is 24.3 Å². The predicted molar refractivity (Wildman–Crippen MR) is 108 cm³/mol. The number of nitrogens with zero attached hydrogens (tertiary/aromatic N) is 3. The van der Waals surface area contributed by atoms with E-state index in [-0.39, 0.29) is 0 Å². The molecule has 4 rings (SSSR count). The van der Waals surface area contributed by atoms with Gasteiger partial charge in [0, 0.05) is 25.0 Å². The number of ether oxygens (including phenoxy) is 2. The zero-order valence-corrected chi connectivity index (χ0v) is 15.5. The molecule has 1 aliphatic heterocycles. The van der Waals surface area contributed by atoms with Crippen LogP contribution in [0.15, 0.2) is 48.5 Å². The van der Waals surface area contributed by atoms with Gasteiger partial charge in [0.1, 0.15) is 11.6 Å². The maximum absolute atomic E-state index is 5.48. The molecule has 0 bridgehead atoms. The van der Waals surface area contributed by atoms with Crippen molar-refractivity contribution >= 4 is 22.7 Å². The molecule has 2 aromatic carbocycles. The Balaban J connectivity index is 1.50. The zero-order valence-electron chi connectivity index (χ0n) is 15.5. The highest BCUT2D eigenvalue weighted by Crippen LogP contribution is 2.26. The Hall–Kier alpha value is -2.86. The molecule has 1 N–H and O–H groups in total. The predicted octanol–water partition coefficient (Wildman–Crippen LogP) is 3.13. The number of anilines is 2. The van der Waals surface area contributed by atoms with E-state index in [1.165, 1.54) is 5.56 Å². The number of benzene rings is 2. The van der Waals surface area contributed by atoms with Gasteiger partial charge in [-0.05, 0) is 36.2 Å². The van der Waals surface area contributed by atoms with E-state index in [2.05, 4.69) is 33.4 Å². The molecule has 0 amide bonds. The normalized spacial score (nSPS) is 14.3. The summed E-state index contributed by atoms with van der Waals surface area (Å²) in [5.41, 5.74) is 2.21. The largest absolute Gasteiger partial charge is 0.497 e. The summed E-state index contributed by atoms with van der Waals surface area (Å²) in [5, 5.41) is 4.47. The lowest BCUT2D eigenvalue weighted by Crippen LogP contribution is -2.37. The number of para-hydroxylation sites is 1. The second-order valence-electron chi connectivity index (χ2n) is 6.51. The van der Waals surface area contributed by atoms with Gasteiger partial charge < -0.3 is 19.7 Å². The molecule has 1 aliphatic rings. The van der Waals surface area contributed by atoms with Crippen LogP contribution >= 0.6 is 0 Å². The van der Waals surface area contributed by atoms with Gasteiger partial charge in [0.2, 0.25) is 5.95 Å². The van der Waals surface area contributed by atoms with Crippen molar-refractivity contribution in [2.24, 2.45) is 0 Å². The molecule has 2 heterocycles. The molecular weight excluding hydrogens is 340 g/mol. The number of aromatic nitrogens is 2. The number of nitrogens with one attached hydrogen (secondary N) is 1. The lowest BCUT2D eigenvalue weighted by atomic mass is 10.1. The summed E-state index contributed by atoms with van der Waals surface area (Å²) in [7, 11) is 1.68. The van der Waals surface area contributed by atoms with E-state index in [1.54, 1.807) is 7.11 Å². The molecule has 1 aromatic heterocycles. The topological polar surface area (TPSA) is 59.5 Å². The van der Waals surface area contributed by atoms with Crippen LogP contribution in [0.1, 0.15) is 5.56 Å². The fraction of sp³-hybridized carbons (Fsp3) is 0.333. The van der Waals surface area contributed by atoms with Gasteiger partial charge in [-0.3, -0.25) is 0 Å². The first-order valence-electron chi connectivity index (χ1n) is 9.30. The molecule has 140 valence electrons. The molecule has 0 atom stereocenters. The highest BCUT2D eigenvalue weighted by Gasteiger charge is 2.17.